The molecule has 1 amide bonds. The normalized spacial score (nSPS) is 11.8. The Balaban J connectivity index is 2.00. The van der Waals surface area contributed by atoms with Crippen molar-refractivity contribution in [1.82, 2.24) is 5.32 Å². The topological polar surface area (TPSA) is 38.3 Å². The van der Waals surface area contributed by atoms with Crippen LogP contribution in [0.25, 0.3) is 0 Å². The zero-order chi connectivity index (χ0) is 18.9. The molecule has 2 rings (SSSR count). The minimum absolute atomic E-state index is 0.0592. The molecule has 3 nitrogen and oxygen atoms in total. The smallest absolute Gasteiger partial charge is 0.261 e. The lowest BCUT2D eigenvalue weighted by Crippen LogP contribution is -2.37. The number of ether oxygens (including phenoxy) is 1. The summed E-state index contributed by atoms with van der Waals surface area (Å²) in [6.45, 7) is 8.93. The van der Waals surface area contributed by atoms with Crippen molar-refractivity contribution in [2.45, 2.75) is 66.0 Å². The van der Waals surface area contributed by atoms with Crippen LogP contribution in [0.3, 0.4) is 0 Å². The average Bonchev–Trinajstić information content (AvgIpc) is 2.70. The molecule has 0 aliphatic rings. The van der Waals surface area contributed by atoms with Crippen LogP contribution in [0.4, 0.5) is 0 Å². The Morgan fingerprint density at radius 2 is 1.54 bits per heavy atom. The van der Waals surface area contributed by atoms with Crippen molar-refractivity contribution in [3.8, 4) is 5.75 Å². The maximum Gasteiger partial charge on any atom is 0.261 e. The molecule has 0 saturated carbocycles. The van der Waals surface area contributed by atoms with Gasteiger partial charge in [0.2, 0.25) is 0 Å². The Morgan fingerprint density at radius 3 is 2.12 bits per heavy atom. The minimum atomic E-state index is -0.470. The molecule has 0 aliphatic carbocycles. The van der Waals surface area contributed by atoms with Gasteiger partial charge in [0.05, 0.1) is 0 Å². The van der Waals surface area contributed by atoms with E-state index in [-0.39, 0.29) is 5.91 Å². The molecule has 26 heavy (non-hydrogen) atoms. The van der Waals surface area contributed by atoms with Gasteiger partial charge in [-0.15, -0.1) is 0 Å². The monoisotopic (exact) mass is 353 g/mol. The predicted molar refractivity (Wildman–Crippen MR) is 108 cm³/mol. The summed E-state index contributed by atoms with van der Waals surface area (Å²) in [5, 5.41) is 3.05. The molecule has 3 heteroatoms. The number of aryl methyl sites for hydroxylation is 3. The molecule has 0 aromatic heterocycles. The van der Waals surface area contributed by atoms with Crippen LogP contribution in [0.1, 0.15) is 56.4 Å². The van der Waals surface area contributed by atoms with Gasteiger partial charge in [0.25, 0.3) is 5.91 Å². The van der Waals surface area contributed by atoms with E-state index in [0.29, 0.717) is 13.0 Å². The summed E-state index contributed by atoms with van der Waals surface area (Å²) in [5.41, 5.74) is 5.04. The number of carbonyl (C=O) groups is 1. The van der Waals surface area contributed by atoms with Gasteiger partial charge in [0, 0.05) is 6.54 Å². The molecule has 1 N–H and O–H groups in total. The predicted octanol–water partition coefficient (Wildman–Crippen LogP) is 4.85. The van der Waals surface area contributed by atoms with Crippen molar-refractivity contribution in [1.29, 1.82) is 0 Å². The van der Waals surface area contributed by atoms with Gasteiger partial charge in [-0.25, -0.2) is 0 Å². The first-order valence-electron chi connectivity index (χ1n) is 9.75. The number of carbonyl (C=O) groups excluding carboxylic acids is 1. The summed E-state index contributed by atoms with van der Waals surface area (Å²) in [6.07, 6.45) is 3.12. The lowest BCUT2D eigenvalue weighted by molar-refractivity contribution is -0.128. The van der Waals surface area contributed by atoms with Crippen molar-refractivity contribution in [2.75, 3.05) is 0 Å². The van der Waals surface area contributed by atoms with E-state index in [1.54, 1.807) is 0 Å². The number of hydrogen-bond acceptors (Lipinski definition) is 2. The second-order valence-electron chi connectivity index (χ2n) is 6.54. The van der Waals surface area contributed by atoms with Crippen molar-refractivity contribution in [2.24, 2.45) is 0 Å². The Morgan fingerprint density at radius 1 is 0.885 bits per heavy atom. The van der Waals surface area contributed by atoms with E-state index in [9.17, 15) is 4.79 Å². The number of hydrogen-bond donors (Lipinski definition) is 1. The largest absolute Gasteiger partial charge is 0.481 e. The number of benzene rings is 2. The summed E-state index contributed by atoms with van der Waals surface area (Å²) in [4.78, 5) is 12.6. The van der Waals surface area contributed by atoms with Crippen LogP contribution in [0.5, 0.6) is 5.75 Å². The van der Waals surface area contributed by atoms with Crippen LogP contribution >= 0.6 is 0 Å². The Bertz CT molecular complexity index is 707. The van der Waals surface area contributed by atoms with Crippen molar-refractivity contribution < 1.29 is 9.53 Å². The standard InChI is InChI=1S/C23H31NO2/c1-5-17-10-13-21(14-11-17)26-22(8-4)23(25)24-16-20-15-18(6-2)9-12-19(20)7-3/h9-15,22H,5-8,16H2,1-4H3,(H,24,25). The number of amides is 1. The number of nitrogens with one attached hydrogen (secondary N) is 1. The molecule has 0 spiro atoms. The molecule has 0 bridgehead atoms. The van der Waals surface area contributed by atoms with Crippen LogP contribution in [-0.4, -0.2) is 12.0 Å². The molecule has 0 radical (unpaired) electrons. The lowest BCUT2D eigenvalue weighted by atomic mass is 10.0. The summed E-state index contributed by atoms with van der Waals surface area (Å²) in [5.74, 6) is 0.683. The van der Waals surface area contributed by atoms with Gasteiger partial charge in [-0.1, -0.05) is 58.0 Å². The fourth-order valence-corrected chi connectivity index (χ4v) is 3.00. The van der Waals surface area contributed by atoms with E-state index in [1.807, 2.05) is 31.2 Å². The van der Waals surface area contributed by atoms with E-state index >= 15 is 0 Å². The zero-order valence-electron chi connectivity index (χ0n) is 16.5. The first-order valence-corrected chi connectivity index (χ1v) is 9.75. The van der Waals surface area contributed by atoms with E-state index < -0.39 is 6.10 Å². The second kappa shape index (κ2) is 10.0. The van der Waals surface area contributed by atoms with E-state index in [0.717, 1.165) is 25.0 Å². The Kier molecular flexibility index (Phi) is 7.71. The van der Waals surface area contributed by atoms with E-state index in [1.165, 1.54) is 22.3 Å². The summed E-state index contributed by atoms with van der Waals surface area (Å²) in [7, 11) is 0. The maximum atomic E-state index is 12.6. The van der Waals surface area contributed by atoms with Gasteiger partial charge in [0.15, 0.2) is 6.10 Å². The van der Waals surface area contributed by atoms with Gasteiger partial charge in [-0.05, 0) is 60.1 Å². The van der Waals surface area contributed by atoms with Crippen LogP contribution in [0.15, 0.2) is 42.5 Å². The van der Waals surface area contributed by atoms with Gasteiger partial charge in [-0.3, -0.25) is 4.79 Å². The molecule has 0 aliphatic heterocycles. The molecule has 1 atom stereocenters. The van der Waals surface area contributed by atoms with Crippen molar-refractivity contribution in [3.05, 3.63) is 64.7 Å². The molecule has 0 fully saturated rings. The molecule has 1 unspecified atom stereocenters. The first kappa shape index (κ1) is 20.0. The third-order valence-corrected chi connectivity index (χ3v) is 4.79. The van der Waals surface area contributed by atoms with E-state index in [2.05, 4.69) is 44.3 Å². The summed E-state index contributed by atoms with van der Waals surface area (Å²) < 4.78 is 5.90. The fraction of sp³-hybridized carbons (Fsp3) is 0.435. The highest BCUT2D eigenvalue weighted by Gasteiger charge is 2.18. The highest BCUT2D eigenvalue weighted by atomic mass is 16.5. The third kappa shape index (κ3) is 5.35. The Hall–Kier alpha value is -2.29. The Labute approximate surface area is 157 Å². The van der Waals surface area contributed by atoms with Crippen LogP contribution in [0, 0.1) is 0 Å². The molecule has 140 valence electrons. The fourth-order valence-electron chi connectivity index (χ4n) is 3.00. The van der Waals surface area contributed by atoms with Gasteiger partial charge in [-0.2, -0.15) is 0 Å². The zero-order valence-corrected chi connectivity index (χ0v) is 16.5. The SMILES string of the molecule is CCc1ccc(OC(CC)C(=O)NCc2cc(CC)ccc2CC)cc1. The second-order valence-corrected chi connectivity index (χ2v) is 6.54. The van der Waals surface area contributed by atoms with Crippen LogP contribution in [0.2, 0.25) is 0 Å². The van der Waals surface area contributed by atoms with Gasteiger partial charge >= 0.3 is 0 Å². The van der Waals surface area contributed by atoms with Crippen LogP contribution < -0.4 is 10.1 Å². The van der Waals surface area contributed by atoms with E-state index in [4.69, 9.17) is 4.74 Å². The highest BCUT2D eigenvalue weighted by Crippen LogP contribution is 2.17. The third-order valence-electron chi connectivity index (χ3n) is 4.79. The number of rotatable bonds is 9. The highest BCUT2D eigenvalue weighted by molar-refractivity contribution is 5.81. The van der Waals surface area contributed by atoms with Crippen LogP contribution in [-0.2, 0) is 30.6 Å². The van der Waals surface area contributed by atoms with Crippen molar-refractivity contribution >= 4 is 5.91 Å². The molecule has 2 aromatic carbocycles. The van der Waals surface area contributed by atoms with Crippen molar-refractivity contribution in [3.63, 3.8) is 0 Å². The summed E-state index contributed by atoms with van der Waals surface area (Å²) >= 11 is 0. The molecular formula is C23H31NO2. The molecule has 0 heterocycles. The van der Waals surface area contributed by atoms with Gasteiger partial charge in [0.1, 0.15) is 5.75 Å². The minimum Gasteiger partial charge on any atom is -0.481 e. The molecular weight excluding hydrogens is 322 g/mol. The molecule has 2 aromatic rings. The quantitative estimate of drug-likeness (QED) is 0.700. The lowest BCUT2D eigenvalue weighted by Gasteiger charge is -2.18. The maximum absolute atomic E-state index is 12.6. The average molecular weight is 354 g/mol. The van der Waals surface area contributed by atoms with Gasteiger partial charge < -0.3 is 10.1 Å². The summed E-state index contributed by atoms with van der Waals surface area (Å²) in [6, 6.07) is 14.5. The first-order chi connectivity index (χ1) is 12.6. The molecule has 0 saturated heterocycles.